The maximum atomic E-state index is 9.49. The summed E-state index contributed by atoms with van der Waals surface area (Å²) in [6.07, 6.45) is 3.09. The molecule has 0 unspecified atom stereocenters. The zero-order valence-corrected chi connectivity index (χ0v) is 10.4. The Morgan fingerprint density at radius 1 is 1.11 bits per heavy atom. The number of fused-ring (bicyclic) bond motifs is 1. The standard InChI is InChI=1S/C16H15NO/c1-18-15-8-7-14(16(11-17)9-4-10-16)12-5-2-3-6-13(12)15/h2-3,5-8H,4,9-10H2,1H3. The van der Waals surface area contributed by atoms with Crippen molar-refractivity contribution in [1.29, 1.82) is 5.26 Å². The van der Waals surface area contributed by atoms with E-state index in [1.54, 1.807) is 7.11 Å². The SMILES string of the molecule is COc1ccc(C2(C#N)CCC2)c2ccccc12. The van der Waals surface area contributed by atoms with Gasteiger partial charge in [-0.05, 0) is 36.3 Å². The molecule has 1 aliphatic rings. The number of nitriles is 1. The Labute approximate surface area is 107 Å². The van der Waals surface area contributed by atoms with Gasteiger partial charge in [-0.15, -0.1) is 0 Å². The fraction of sp³-hybridized carbons (Fsp3) is 0.312. The van der Waals surface area contributed by atoms with Crippen molar-refractivity contribution in [3.05, 3.63) is 42.0 Å². The van der Waals surface area contributed by atoms with Gasteiger partial charge >= 0.3 is 0 Å². The Hall–Kier alpha value is -2.01. The van der Waals surface area contributed by atoms with Gasteiger partial charge in [-0.2, -0.15) is 5.26 Å². The smallest absolute Gasteiger partial charge is 0.126 e. The van der Waals surface area contributed by atoms with Crippen molar-refractivity contribution >= 4 is 10.8 Å². The lowest BCUT2D eigenvalue weighted by Crippen LogP contribution is -2.32. The minimum atomic E-state index is -0.272. The van der Waals surface area contributed by atoms with E-state index in [1.165, 1.54) is 0 Å². The van der Waals surface area contributed by atoms with Crippen LogP contribution in [0.15, 0.2) is 36.4 Å². The third-order valence-electron chi connectivity index (χ3n) is 4.04. The van der Waals surface area contributed by atoms with Crippen molar-refractivity contribution in [2.75, 3.05) is 7.11 Å². The largest absolute Gasteiger partial charge is 0.496 e. The van der Waals surface area contributed by atoms with Crippen LogP contribution in [0, 0.1) is 11.3 Å². The third-order valence-corrected chi connectivity index (χ3v) is 4.04. The normalized spacial score (nSPS) is 16.9. The van der Waals surface area contributed by atoms with Crippen LogP contribution >= 0.6 is 0 Å². The first kappa shape index (κ1) is 11.1. The molecule has 0 aromatic heterocycles. The summed E-state index contributed by atoms with van der Waals surface area (Å²) >= 11 is 0. The molecule has 1 aliphatic carbocycles. The molecule has 3 rings (SSSR count). The van der Waals surface area contributed by atoms with E-state index < -0.39 is 0 Å². The van der Waals surface area contributed by atoms with Crippen molar-refractivity contribution in [1.82, 2.24) is 0 Å². The summed E-state index contributed by atoms with van der Waals surface area (Å²) in [5.74, 6) is 0.877. The summed E-state index contributed by atoms with van der Waals surface area (Å²) in [4.78, 5) is 0. The van der Waals surface area contributed by atoms with Gasteiger partial charge in [0.25, 0.3) is 0 Å². The first-order chi connectivity index (χ1) is 8.80. The van der Waals surface area contributed by atoms with Gasteiger partial charge in [0.1, 0.15) is 5.75 Å². The summed E-state index contributed by atoms with van der Waals surface area (Å²) in [6, 6.07) is 14.7. The van der Waals surface area contributed by atoms with Gasteiger partial charge in [0.2, 0.25) is 0 Å². The highest BCUT2D eigenvalue weighted by Crippen LogP contribution is 2.46. The number of hydrogen-bond donors (Lipinski definition) is 0. The van der Waals surface area contributed by atoms with E-state index in [9.17, 15) is 5.26 Å². The van der Waals surface area contributed by atoms with E-state index in [4.69, 9.17) is 4.74 Å². The van der Waals surface area contributed by atoms with Crippen LogP contribution in [0.4, 0.5) is 0 Å². The third kappa shape index (κ3) is 1.41. The molecule has 2 nitrogen and oxygen atoms in total. The summed E-state index contributed by atoms with van der Waals surface area (Å²) in [5.41, 5.74) is 0.888. The molecule has 1 saturated carbocycles. The highest BCUT2D eigenvalue weighted by Gasteiger charge is 2.40. The highest BCUT2D eigenvalue weighted by atomic mass is 16.5. The molecule has 0 N–H and O–H groups in total. The van der Waals surface area contributed by atoms with Gasteiger partial charge < -0.3 is 4.74 Å². The first-order valence-corrected chi connectivity index (χ1v) is 6.28. The maximum absolute atomic E-state index is 9.49. The van der Waals surface area contributed by atoms with Crippen molar-refractivity contribution in [2.24, 2.45) is 0 Å². The van der Waals surface area contributed by atoms with E-state index in [-0.39, 0.29) is 5.41 Å². The number of hydrogen-bond acceptors (Lipinski definition) is 2. The first-order valence-electron chi connectivity index (χ1n) is 6.28. The molecule has 0 radical (unpaired) electrons. The minimum Gasteiger partial charge on any atom is -0.496 e. The summed E-state index contributed by atoms with van der Waals surface area (Å²) in [6.45, 7) is 0. The van der Waals surface area contributed by atoms with Gasteiger partial charge in [-0.1, -0.05) is 30.3 Å². The molecule has 0 aliphatic heterocycles. The van der Waals surface area contributed by atoms with E-state index in [0.717, 1.165) is 41.3 Å². The van der Waals surface area contributed by atoms with Crippen molar-refractivity contribution < 1.29 is 4.74 Å². The molecule has 0 spiro atoms. The average Bonchev–Trinajstić information content (AvgIpc) is 2.38. The lowest BCUT2D eigenvalue weighted by atomic mass is 9.64. The van der Waals surface area contributed by atoms with Crippen LogP contribution in [-0.2, 0) is 5.41 Å². The molecule has 0 atom stereocenters. The molecule has 0 heterocycles. The summed E-state index contributed by atoms with van der Waals surface area (Å²) in [7, 11) is 1.69. The molecule has 0 bridgehead atoms. The number of nitrogens with zero attached hydrogens (tertiary/aromatic N) is 1. The Morgan fingerprint density at radius 3 is 2.39 bits per heavy atom. The Morgan fingerprint density at radius 2 is 1.83 bits per heavy atom. The Balaban J connectivity index is 2.29. The van der Waals surface area contributed by atoms with Crippen LogP contribution in [0.3, 0.4) is 0 Å². The van der Waals surface area contributed by atoms with Gasteiger partial charge in [0, 0.05) is 5.39 Å². The molecular weight excluding hydrogens is 222 g/mol. The minimum absolute atomic E-state index is 0.272. The Kier molecular flexibility index (Phi) is 2.48. The van der Waals surface area contributed by atoms with Crippen molar-refractivity contribution in [3.63, 3.8) is 0 Å². The second-order valence-electron chi connectivity index (χ2n) is 4.91. The van der Waals surface area contributed by atoms with Crippen LogP contribution in [-0.4, -0.2) is 7.11 Å². The van der Waals surface area contributed by atoms with Crippen LogP contribution in [0.25, 0.3) is 10.8 Å². The van der Waals surface area contributed by atoms with Crippen molar-refractivity contribution in [2.45, 2.75) is 24.7 Å². The second-order valence-corrected chi connectivity index (χ2v) is 4.91. The fourth-order valence-electron chi connectivity index (χ4n) is 2.84. The van der Waals surface area contributed by atoms with E-state index in [0.29, 0.717) is 0 Å². The van der Waals surface area contributed by atoms with Gasteiger partial charge in [-0.3, -0.25) is 0 Å². The molecule has 90 valence electrons. The van der Waals surface area contributed by atoms with E-state index in [2.05, 4.69) is 24.3 Å². The summed E-state index contributed by atoms with van der Waals surface area (Å²) < 4.78 is 5.40. The molecule has 0 saturated heterocycles. The molecular formula is C16H15NO. The maximum Gasteiger partial charge on any atom is 0.126 e. The van der Waals surface area contributed by atoms with Gasteiger partial charge in [-0.25, -0.2) is 0 Å². The molecule has 2 heteroatoms. The molecule has 0 amide bonds. The van der Waals surface area contributed by atoms with E-state index >= 15 is 0 Å². The monoisotopic (exact) mass is 237 g/mol. The topological polar surface area (TPSA) is 33.0 Å². The Bertz CT molecular complexity index is 635. The van der Waals surface area contributed by atoms with Crippen LogP contribution < -0.4 is 4.74 Å². The van der Waals surface area contributed by atoms with Crippen LogP contribution in [0.2, 0.25) is 0 Å². The van der Waals surface area contributed by atoms with Gasteiger partial charge in [0.15, 0.2) is 0 Å². The number of rotatable bonds is 2. The zero-order valence-electron chi connectivity index (χ0n) is 10.4. The fourth-order valence-corrected chi connectivity index (χ4v) is 2.84. The second kappa shape index (κ2) is 4.03. The molecule has 2 aromatic rings. The molecule has 2 aromatic carbocycles. The van der Waals surface area contributed by atoms with Gasteiger partial charge in [0.05, 0.1) is 18.6 Å². The lowest BCUT2D eigenvalue weighted by Gasteiger charge is -2.36. The van der Waals surface area contributed by atoms with Crippen LogP contribution in [0.5, 0.6) is 5.75 Å². The molecule has 18 heavy (non-hydrogen) atoms. The lowest BCUT2D eigenvalue weighted by molar-refractivity contribution is 0.326. The number of benzene rings is 2. The van der Waals surface area contributed by atoms with Crippen molar-refractivity contribution in [3.8, 4) is 11.8 Å². The number of ether oxygens (including phenoxy) is 1. The summed E-state index contributed by atoms with van der Waals surface area (Å²) in [5, 5.41) is 11.7. The zero-order chi connectivity index (χ0) is 12.6. The predicted molar refractivity (Wildman–Crippen MR) is 71.6 cm³/mol. The number of methoxy groups -OCH3 is 1. The van der Waals surface area contributed by atoms with E-state index in [1.807, 2.05) is 18.2 Å². The highest BCUT2D eigenvalue weighted by molar-refractivity contribution is 5.92. The van der Waals surface area contributed by atoms with Crippen LogP contribution in [0.1, 0.15) is 24.8 Å². The predicted octanol–water partition coefficient (Wildman–Crippen LogP) is 3.79. The molecule has 1 fully saturated rings. The average molecular weight is 237 g/mol. The quantitative estimate of drug-likeness (QED) is 0.796.